The van der Waals surface area contributed by atoms with Crippen molar-refractivity contribution in [2.24, 2.45) is 5.92 Å². The number of carboxylic acids is 1. The number of aliphatic carboxylic acids is 1. The maximum atomic E-state index is 14.4. The highest BCUT2D eigenvalue weighted by molar-refractivity contribution is 7.96. The molecule has 1 aliphatic rings. The van der Waals surface area contributed by atoms with Crippen LogP contribution in [-0.4, -0.2) is 39.3 Å². The zero-order chi connectivity index (χ0) is 28.1. The largest absolute Gasteiger partial charge is 0.481 e. The number of nitrogens with zero attached hydrogens (tertiary/aromatic N) is 1. The minimum absolute atomic E-state index is 0.0166. The first-order valence-electron chi connectivity index (χ1n) is 13.1. The van der Waals surface area contributed by atoms with Crippen molar-refractivity contribution >= 4 is 46.1 Å². The van der Waals surface area contributed by atoms with Gasteiger partial charge in [-0.1, -0.05) is 128 Å². The molecular weight excluding hydrogens is 521 g/mol. The lowest BCUT2D eigenvalue weighted by molar-refractivity contribution is -0.154. The van der Waals surface area contributed by atoms with Crippen LogP contribution in [-0.2, 0) is 25.7 Å². The van der Waals surface area contributed by atoms with Crippen molar-refractivity contribution in [2.75, 3.05) is 0 Å². The number of amides is 1. The Balaban J connectivity index is 1.87. The van der Waals surface area contributed by atoms with E-state index in [1.807, 2.05) is 121 Å². The quantitative estimate of drug-likeness (QED) is 0.192. The molecule has 40 heavy (non-hydrogen) atoms. The fourth-order valence-corrected chi connectivity index (χ4v) is 9.75. The molecule has 0 aromatic heterocycles. The summed E-state index contributed by atoms with van der Waals surface area (Å²) < 4.78 is 5.96. The molecule has 1 N–H and O–H groups in total. The van der Waals surface area contributed by atoms with Crippen LogP contribution in [0.15, 0.2) is 121 Å². The highest BCUT2D eigenvalue weighted by atomic mass is 31.2. The summed E-state index contributed by atoms with van der Waals surface area (Å²) in [6, 6.07) is 37.7. The van der Waals surface area contributed by atoms with Crippen molar-refractivity contribution in [3.63, 3.8) is 0 Å². The molecule has 2 atom stereocenters. The number of hydrogen-bond acceptors (Lipinski definition) is 4. The molecule has 202 valence electrons. The average molecular weight is 552 g/mol. The van der Waals surface area contributed by atoms with Crippen molar-refractivity contribution in [1.29, 1.82) is 0 Å². The number of esters is 1. The van der Waals surface area contributed by atoms with Gasteiger partial charge < -0.3 is 14.7 Å². The Kier molecular flexibility index (Phi) is 7.99. The summed E-state index contributed by atoms with van der Waals surface area (Å²) in [5, 5.41) is 12.3. The molecule has 0 spiro atoms. The third-order valence-electron chi connectivity index (χ3n) is 7.29. The number of carboxylic acid groups (broad SMARTS) is 1. The maximum absolute atomic E-state index is 14.4. The van der Waals surface area contributed by atoms with Gasteiger partial charge in [0.15, 0.2) is 0 Å². The smallest absolute Gasteiger partial charge is 0.356 e. The molecule has 0 radical (unpaired) electrons. The number of ether oxygens (including phenoxy) is 1. The van der Waals surface area contributed by atoms with Crippen molar-refractivity contribution < 1.29 is 24.2 Å². The predicted molar refractivity (Wildman–Crippen MR) is 158 cm³/mol. The molecule has 1 amide bonds. The van der Waals surface area contributed by atoms with E-state index in [1.54, 1.807) is 6.92 Å². The summed E-state index contributed by atoms with van der Waals surface area (Å²) >= 11 is 0. The van der Waals surface area contributed by atoms with E-state index in [9.17, 15) is 19.5 Å². The molecule has 4 aromatic carbocycles. The average Bonchev–Trinajstić information content (AvgIpc) is 3.01. The van der Waals surface area contributed by atoms with E-state index in [2.05, 4.69) is 0 Å². The van der Waals surface area contributed by atoms with Gasteiger partial charge in [-0.05, 0) is 21.5 Å². The Labute approximate surface area is 233 Å². The molecule has 0 bridgehead atoms. The van der Waals surface area contributed by atoms with Crippen molar-refractivity contribution in [1.82, 2.24) is 4.90 Å². The van der Waals surface area contributed by atoms with E-state index in [1.165, 1.54) is 4.90 Å². The molecule has 1 heterocycles. The van der Waals surface area contributed by atoms with Crippen LogP contribution in [0.4, 0.5) is 0 Å². The first-order valence-corrected chi connectivity index (χ1v) is 14.9. The van der Waals surface area contributed by atoms with E-state index in [4.69, 9.17) is 4.74 Å². The molecule has 1 aliphatic heterocycles. The third-order valence-corrected chi connectivity index (χ3v) is 11.5. The minimum Gasteiger partial charge on any atom is -0.481 e. The summed E-state index contributed by atoms with van der Waals surface area (Å²) in [6.07, 6.45) is -0.277. The molecule has 6 nitrogen and oxygen atoms in total. The van der Waals surface area contributed by atoms with Crippen LogP contribution < -0.4 is 15.9 Å². The van der Waals surface area contributed by atoms with E-state index in [-0.39, 0.29) is 24.4 Å². The first-order chi connectivity index (χ1) is 19.4. The van der Waals surface area contributed by atoms with Gasteiger partial charge in [-0.2, -0.15) is 0 Å². The van der Waals surface area contributed by atoms with Gasteiger partial charge >= 0.3 is 11.9 Å². The fraction of sp³-hybridized carbons (Fsp3) is 0.152. The fourth-order valence-electron chi connectivity index (χ4n) is 5.35. The lowest BCUT2D eigenvalue weighted by Gasteiger charge is -2.48. The van der Waals surface area contributed by atoms with Crippen molar-refractivity contribution in [2.45, 2.75) is 26.0 Å². The van der Waals surface area contributed by atoms with Crippen LogP contribution in [0.25, 0.3) is 0 Å². The van der Waals surface area contributed by atoms with Gasteiger partial charge in [0.05, 0.1) is 18.4 Å². The van der Waals surface area contributed by atoms with Gasteiger partial charge in [-0.25, -0.2) is 4.79 Å². The molecular formula is C33H30NO5P. The van der Waals surface area contributed by atoms with Crippen LogP contribution in [0.1, 0.15) is 18.9 Å². The Morgan fingerprint density at radius 3 is 1.60 bits per heavy atom. The van der Waals surface area contributed by atoms with Crippen molar-refractivity contribution in [3.8, 4) is 0 Å². The van der Waals surface area contributed by atoms with E-state index >= 15 is 0 Å². The Hall–Kier alpha value is -4.41. The summed E-state index contributed by atoms with van der Waals surface area (Å²) in [6.45, 7) is -1.32. The number of carbonyl (C=O) groups excluding carboxylic acids is 2. The summed E-state index contributed by atoms with van der Waals surface area (Å²) in [7, 11) is 0. The van der Waals surface area contributed by atoms with Crippen molar-refractivity contribution in [3.05, 3.63) is 127 Å². The van der Waals surface area contributed by atoms with Crippen LogP contribution in [0, 0.1) is 5.92 Å². The van der Waals surface area contributed by atoms with Gasteiger partial charge in [0.2, 0.25) is 5.91 Å². The number of carbonyl (C=O) groups is 3. The molecule has 0 saturated carbocycles. The lowest BCUT2D eigenvalue weighted by Crippen LogP contribution is -2.65. The second kappa shape index (κ2) is 11.8. The van der Waals surface area contributed by atoms with Gasteiger partial charge in [-0.3, -0.25) is 9.59 Å². The summed E-state index contributed by atoms with van der Waals surface area (Å²) in [4.78, 5) is 41.4. The van der Waals surface area contributed by atoms with Gasteiger partial charge in [-0.15, -0.1) is 0 Å². The standard InChI is InChI=1S/C33H30NO5P/c1-24-29(22-30(35)36)34(31(24)37)32(33(38)39-23-25-14-6-2-7-15-25)40(26-16-8-3-9-17-26,27-18-10-4-11-19-27)28-20-12-5-13-21-28/h2-21,24,29H,22-23H2,1H3,(H,35,36)/t24?,29-/m0/s1. The van der Waals surface area contributed by atoms with Crippen LogP contribution in [0.3, 0.4) is 0 Å². The number of rotatable bonds is 9. The van der Waals surface area contributed by atoms with Gasteiger partial charge in [0.1, 0.15) is 12.0 Å². The Morgan fingerprint density at radius 1 is 0.750 bits per heavy atom. The maximum Gasteiger partial charge on any atom is 0.356 e. The number of likely N-dealkylation sites (tertiary alicyclic amines) is 1. The zero-order valence-electron chi connectivity index (χ0n) is 22.1. The molecule has 5 rings (SSSR count). The number of benzene rings is 4. The minimum atomic E-state index is -3.05. The zero-order valence-corrected chi connectivity index (χ0v) is 23.0. The predicted octanol–water partition coefficient (Wildman–Crippen LogP) is 4.18. The van der Waals surface area contributed by atoms with E-state index in [0.29, 0.717) is 0 Å². The van der Waals surface area contributed by atoms with E-state index < -0.39 is 30.8 Å². The second-order valence-electron chi connectivity index (χ2n) is 9.72. The number of hydrogen-bond donors (Lipinski definition) is 1. The van der Waals surface area contributed by atoms with Gasteiger partial charge in [0.25, 0.3) is 0 Å². The SMILES string of the molecule is CC1C(=O)N(C(C(=O)OCc2ccccc2)=P(c2ccccc2)(c2ccccc2)c2ccccc2)[C@H]1CC(=O)O. The Bertz CT molecular complexity index is 1450. The van der Waals surface area contributed by atoms with Crippen LogP contribution in [0.5, 0.6) is 0 Å². The second-order valence-corrected chi connectivity index (χ2v) is 13.0. The molecule has 0 aliphatic carbocycles. The molecule has 1 unspecified atom stereocenters. The summed E-state index contributed by atoms with van der Waals surface area (Å²) in [5.41, 5.74) is 1.00. The number of β-lactam (4-membered cyclic amide) rings is 1. The molecule has 1 fully saturated rings. The lowest BCUT2D eigenvalue weighted by atomic mass is 9.87. The highest BCUT2D eigenvalue weighted by Crippen LogP contribution is 2.49. The monoisotopic (exact) mass is 551 g/mol. The van der Waals surface area contributed by atoms with Gasteiger partial charge in [0, 0.05) is 6.89 Å². The highest BCUT2D eigenvalue weighted by Gasteiger charge is 2.52. The van der Waals surface area contributed by atoms with Crippen LogP contribution in [0.2, 0.25) is 0 Å². The first kappa shape index (κ1) is 27.2. The topological polar surface area (TPSA) is 83.9 Å². The van der Waals surface area contributed by atoms with Crippen LogP contribution >= 0.6 is 6.89 Å². The molecule has 4 aromatic rings. The molecule has 7 heteroatoms. The summed E-state index contributed by atoms with van der Waals surface area (Å²) in [5.74, 6) is -2.50. The van der Waals surface area contributed by atoms with E-state index in [0.717, 1.165) is 21.5 Å². The Morgan fingerprint density at radius 2 is 1.18 bits per heavy atom. The third kappa shape index (κ3) is 4.99. The molecule has 1 saturated heterocycles. The normalized spacial score (nSPS) is 16.6.